The number of para-hydroxylation sites is 1. The van der Waals surface area contributed by atoms with Gasteiger partial charge in [-0.3, -0.25) is 4.90 Å². The van der Waals surface area contributed by atoms with E-state index in [2.05, 4.69) is 30.9 Å². The van der Waals surface area contributed by atoms with Crippen molar-refractivity contribution in [3.8, 4) is 0 Å². The molecule has 1 aromatic heterocycles. The van der Waals surface area contributed by atoms with Gasteiger partial charge in [-0.1, -0.05) is 32.0 Å². The van der Waals surface area contributed by atoms with Crippen LogP contribution < -0.4 is 5.73 Å². The summed E-state index contributed by atoms with van der Waals surface area (Å²) in [6.45, 7) is 8.41. The third-order valence-corrected chi connectivity index (χ3v) is 4.11. The van der Waals surface area contributed by atoms with Gasteiger partial charge in [0.2, 0.25) is 0 Å². The molecule has 2 N–H and O–H groups in total. The second-order valence-corrected chi connectivity index (χ2v) is 6.33. The first-order valence-electron chi connectivity index (χ1n) is 7.01. The van der Waals surface area contributed by atoms with Crippen molar-refractivity contribution in [1.29, 1.82) is 0 Å². The molecule has 3 heteroatoms. The number of hydrogen-bond donors (Lipinski definition) is 1. The van der Waals surface area contributed by atoms with Crippen molar-refractivity contribution in [3.63, 3.8) is 0 Å². The van der Waals surface area contributed by atoms with Crippen LogP contribution in [0.1, 0.15) is 31.6 Å². The summed E-state index contributed by atoms with van der Waals surface area (Å²) >= 11 is 0. The van der Waals surface area contributed by atoms with E-state index in [1.165, 1.54) is 17.4 Å². The number of hydrogen-bond acceptors (Lipinski definition) is 3. The van der Waals surface area contributed by atoms with E-state index in [4.69, 9.17) is 10.2 Å². The van der Waals surface area contributed by atoms with Gasteiger partial charge in [-0.2, -0.15) is 0 Å². The van der Waals surface area contributed by atoms with E-state index in [0.29, 0.717) is 12.0 Å². The van der Waals surface area contributed by atoms with Crippen LogP contribution in [0.5, 0.6) is 0 Å². The maximum Gasteiger partial charge on any atom is 0.134 e. The minimum atomic E-state index is 0.433. The fraction of sp³-hybridized carbons (Fsp3) is 0.500. The van der Waals surface area contributed by atoms with Crippen molar-refractivity contribution in [2.75, 3.05) is 13.1 Å². The molecule has 102 valence electrons. The van der Waals surface area contributed by atoms with Gasteiger partial charge < -0.3 is 10.2 Å². The number of furan rings is 1. The van der Waals surface area contributed by atoms with Crippen LogP contribution in [-0.4, -0.2) is 18.0 Å². The molecular formula is C16H22N2O. The Hall–Kier alpha value is -1.32. The molecule has 3 rings (SSSR count). The van der Waals surface area contributed by atoms with Crippen LogP contribution >= 0.6 is 0 Å². The molecule has 3 nitrogen and oxygen atoms in total. The lowest BCUT2D eigenvalue weighted by atomic mass is 9.93. The third-order valence-electron chi connectivity index (χ3n) is 4.11. The monoisotopic (exact) mass is 258 g/mol. The van der Waals surface area contributed by atoms with Crippen LogP contribution in [0.15, 0.2) is 28.7 Å². The summed E-state index contributed by atoms with van der Waals surface area (Å²) in [4.78, 5) is 2.51. The molecule has 2 heterocycles. The summed E-state index contributed by atoms with van der Waals surface area (Å²) in [5.41, 5.74) is 8.49. The van der Waals surface area contributed by atoms with Gasteiger partial charge in [0, 0.05) is 24.0 Å². The Labute approximate surface area is 114 Å². The Morgan fingerprint density at radius 1 is 1.32 bits per heavy atom. The fourth-order valence-electron chi connectivity index (χ4n) is 3.07. The normalized spacial score (nSPS) is 19.3. The zero-order valence-electron chi connectivity index (χ0n) is 11.8. The largest absolute Gasteiger partial charge is 0.459 e. The highest BCUT2D eigenvalue weighted by Crippen LogP contribution is 2.32. The number of nitrogens with two attached hydrogens (primary N) is 1. The second kappa shape index (κ2) is 4.66. The summed E-state index contributed by atoms with van der Waals surface area (Å²) in [7, 11) is 0. The first kappa shape index (κ1) is 12.7. The van der Waals surface area contributed by atoms with E-state index in [-0.39, 0.29) is 0 Å². The van der Waals surface area contributed by atoms with Gasteiger partial charge in [-0.15, -0.1) is 0 Å². The van der Waals surface area contributed by atoms with Crippen LogP contribution in [0.2, 0.25) is 0 Å². The van der Waals surface area contributed by atoms with Gasteiger partial charge in [-0.05, 0) is 24.4 Å². The molecule has 0 atom stereocenters. The molecule has 19 heavy (non-hydrogen) atoms. The highest BCUT2D eigenvalue weighted by Gasteiger charge is 2.30. The average molecular weight is 258 g/mol. The first-order chi connectivity index (χ1) is 9.09. The van der Waals surface area contributed by atoms with E-state index < -0.39 is 0 Å². The Morgan fingerprint density at radius 3 is 2.79 bits per heavy atom. The zero-order valence-corrected chi connectivity index (χ0v) is 11.8. The van der Waals surface area contributed by atoms with Gasteiger partial charge in [0.05, 0.1) is 6.54 Å². The highest BCUT2D eigenvalue weighted by molar-refractivity contribution is 5.82. The van der Waals surface area contributed by atoms with Crippen molar-refractivity contribution >= 4 is 11.0 Å². The van der Waals surface area contributed by atoms with Gasteiger partial charge in [0.25, 0.3) is 0 Å². The molecular weight excluding hydrogens is 236 g/mol. The summed E-state index contributed by atoms with van der Waals surface area (Å²) in [5.74, 6) is 0.936. The van der Waals surface area contributed by atoms with Crippen LogP contribution in [-0.2, 0) is 13.1 Å². The van der Waals surface area contributed by atoms with E-state index in [1.807, 2.05) is 12.1 Å². The molecule has 0 unspecified atom stereocenters. The predicted molar refractivity (Wildman–Crippen MR) is 77.8 cm³/mol. The second-order valence-electron chi connectivity index (χ2n) is 6.33. The van der Waals surface area contributed by atoms with E-state index in [9.17, 15) is 0 Å². The zero-order chi connectivity index (χ0) is 13.5. The van der Waals surface area contributed by atoms with Crippen LogP contribution in [0.4, 0.5) is 0 Å². The van der Waals surface area contributed by atoms with Crippen molar-refractivity contribution in [2.45, 2.75) is 33.4 Å². The number of fused-ring (bicyclic) bond motifs is 1. The minimum absolute atomic E-state index is 0.433. The Morgan fingerprint density at radius 2 is 2.11 bits per heavy atom. The molecule has 0 aliphatic carbocycles. The SMILES string of the molecule is CC1(C)CCN(Cc2c(CN)oc3ccccc23)C1. The van der Waals surface area contributed by atoms with Crippen LogP contribution in [0.3, 0.4) is 0 Å². The number of benzene rings is 1. The number of likely N-dealkylation sites (tertiary alicyclic amines) is 1. The summed E-state index contributed by atoms with van der Waals surface area (Å²) < 4.78 is 5.86. The lowest BCUT2D eigenvalue weighted by Gasteiger charge is -2.19. The number of nitrogens with zero attached hydrogens (tertiary/aromatic N) is 1. The molecule has 0 bridgehead atoms. The highest BCUT2D eigenvalue weighted by atomic mass is 16.3. The molecule has 0 amide bonds. The van der Waals surface area contributed by atoms with E-state index in [1.54, 1.807) is 0 Å². The lowest BCUT2D eigenvalue weighted by molar-refractivity contribution is 0.283. The van der Waals surface area contributed by atoms with Gasteiger partial charge in [0.1, 0.15) is 11.3 Å². The Balaban J connectivity index is 1.92. The maximum absolute atomic E-state index is 5.86. The average Bonchev–Trinajstić information content (AvgIpc) is 2.91. The van der Waals surface area contributed by atoms with Crippen molar-refractivity contribution in [2.24, 2.45) is 11.1 Å². The predicted octanol–water partition coefficient (Wildman–Crippen LogP) is 3.12. The molecule has 2 aromatic rings. The number of rotatable bonds is 3. The summed E-state index contributed by atoms with van der Waals surface area (Å²) in [6.07, 6.45) is 1.26. The third kappa shape index (κ3) is 2.40. The molecule has 0 saturated carbocycles. The molecule has 1 aromatic carbocycles. The molecule has 0 radical (unpaired) electrons. The Bertz CT molecular complexity index is 585. The van der Waals surface area contributed by atoms with Crippen LogP contribution in [0.25, 0.3) is 11.0 Å². The lowest BCUT2D eigenvalue weighted by Crippen LogP contribution is -2.23. The minimum Gasteiger partial charge on any atom is -0.459 e. The molecule has 1 fully saturated rings. The topological polar surface area (TPSA) is 42.4 Å². The maximum atomic E-state index is 5.86. The summed E-state index contributed by atoms with van der Waals surface area (Å²) in [6, 6.07) is 8.23. The smallest absolute Gasteiger partial charge is 0.134 e. The van der Waals surface area contributed by atoms with Gasteiger partial charge in [-0.25, -0.2) is 0 Å². The van der Waals surface area contributed by atoms with Crippen molar-refractivity contribution in [1.82, 2.24) is 4.90 Å². The molecule has 0 spiro atoms. The Kier molecular flexibility index (Phi) is 3.11. The van der Waals surface area contributed by atoms with Crippen molar-refractivity contribution < 1.29 is 4.42 Å². The van der Waals surface area contributed by atoms with Crippen molar-refractivity contribution in [3.05, 3.63) is 35.6 Å². The molecule has 1 aliphatic rings. The van der Waals surface area contributed by atoms with Gasteiger partial charge >= 0.3 is 0 Å². The molecule has 1 aliphatic heterocycles. The standard InChI is InChI=1S/C16H22N2O/c1-16(2)7-8-18(11-16)10-13-12-5-3-4-6-14(12)19-15(13)9-17/h3-6H,7-11,17H2,1-2H3. The quantitative estimate of drug-likeness (QED) is 0.919. The van der Waals surface area contributed by atoms with Gasteiger partial charge in [0.15, 0.2) is 0 Å². The molecule has 1 saturated heterocycles. The van der Waals surface area contributed by atoms with Crippen LogP contribution in [0, 0.1) is 5.41 Å². The fourth-order valence-corrected chi connectivity index (χ4v) is 3.07. The first-order valence-corrected chi connectivity index (χ1v) is 7.01. The summed E-state index contributed by atoms with van der Waals surface area (Å²) in [5, 5.41) is 1.22. The van der Waals surface area contributed by atoms with E-state index >= 15 is 0 Å². The van der Waals surface area contributed by atoms with E-state index in [0.717, 1.165) is 31.0 Å².